The molecule has 3 heterocycles. The number of carbonyl (C=O) groups is 1. The second-order valence-corrected chi connectivity index (χ2v) is 6.55. The van der Waals surface area contributed by atoms with E-state index in [4.69, 9.17) is 4.74 Å². The van der Waals surface area contributed by atoms with Gasteiger partial charge in [-0.15, -0.1) is 0 Å². The second kappa shape index (κ2) is 8.29. The maximum Gasteiger partial charge on any atom is 0.272 e. The lowest BCUT2D eigenvalue weighted by molar-refractivity contribution is 0.0943. The minimum absolute atomic E-state index is 0.0815. The van der Waals surface area contributed by atoms with Crippen LogP contribution in [-0.2, 0) is 24.9 Å². The molecule has 1 unspecified atom stereocenters. The van der Waals surface area contributed by atoms with Crippen LogP contribution in [-0.4, -0.2) is 58.0 Å². The first-order valence-corrected chi connectivity index (χ1v) is 8.78. The fourth-order valence-electron chi connectivity index (χ4n) is 3.24. The van der Waals surface area contributed by atoms with Crippen molar-refractivity contribution in [3.05, 3.63) is 52.2 Å². The Labute approximate surface area is 152 Å². The monoisotopic (exact) mass is 359 g/mol. The van der Waals surface area contributed by atoms with E-state index in [2.05, 4.69) is 15.3 Å². The summed E-state index contributed by atoms with van der Waals surface area (Å²) in [6, 6.07) is 5.00. The number of rotatable bonds is 7. The summed E-state index contributed by atoms with van der Waals surface area (Å²) in [6.45, 7) is 3.28. The second-order valence-electron chi connectivity index (χ2n) is 6.55. The van der Waals surface area contributed by atoms with E-state index in [-0.39, 0.29) is 17.6 Å². The Hall–Kier alpha value is -2.45. The molecule has 1 saturated heterocycles. The van der Waals surface area contributed by atoms with E-state index in [1.165, 1.54) is 6.07 Å². The number of likely N-dealkylation sites (tertiary alicyclic amines) is 1. The average Bonchev–Trinajstić information content (AvgIpc) is 3.23. The molecule has 1 aliphatic rings. The lowest BCUT2D eigenvalue weighted by Gasteiger charge is -2.15. The smallest absolute Gasteiger partial charge is 0.272 e. The third-order valence-corrected chi connectivity index (χ3v) is 4.61. The van der Waals surface area contributed by atoms with Gasteiger partial charge in [0.05, 0.1) is 6.10 Å². The van der Waals surface area contributed by atoms with Crippen molar-refractivity contribution >= 4 is 5.91 Å². The van der Waals surface area contributed by atoms with Crippen molar-refractivity contribution in [2.24, 2.45) is 7.05 Å². The first-order chi connectivity index (χ1) is 12.6. The summed E-state index contributed by atoms with van der Waals surface area (Å²) >= 11 is 0. The van der Waals surface area contributed by atoms with Crippen LogP contribution in [0.2, 0.25) is 0 Å². The zero-order valence-corrected chi connectivity index (χ0v) is 15.2. The minimum Gasteiger partial charge on any atom is -0.380 e. The predicted octanol–water partition coefficient (Wildman–Crippen LogP) is 0.233. The van der Waals surface area contributed by atoms with Gasteiger partial charge in [0.2, 0.25) is 0 Å². The van der Waals surface area contributed by atoms with Crippen molar-refractivity contribution in [1.82, 2.24) is 24.6 Å². The van der Waals surface area contributed by atoms with Gasteiger partial charge in [0.15, 0.2) is 5.69 Å². The Bertz CT molecular complexity index is 813. The van der Waals surface area contributed by atoms with Crippen molar-refractivity contribution < 1.29 is 9.53 Å². The molecule has 1 fully saturated rings. The highest BCUT2D eigenvalue weighted by Gasteiger charge is 2.24. The molecule has 26 heavy (non-hydrogen) atoms. The van der Waals surface area contributed by atoms with Crippen LogP contribution in [0.5, 0.6) is 0 Å². The summed E-state index contributed by atoms with van der Waals surface area (Å²) in [4.78, 5) is 26.5. The van der Waals surface area contributed by atoms with E-state index in [1.54, 1.807) is 34.7 Å². The Morgan fingerprint density at radius 2 is 2.27 bits per heavy atom. The van der Waals surface area contributed by atoms with Gasteiger partial charge in [-0.25, -0.2) is 0 Å². The molecule has 0 spiro atoms. The number of nitrogens with zero attached hydrogens (tertiary/aromatic N) is 4. The number of aromatic nitrogens is 3. The van der Waals surface area contributed by atoms with Crippen LogP contribution in [0.1, 0.15) is 22.5 Å². The van der Waals surface area contributed by atoms with Gasteiger partial charge in [0.25, 0.3) is 11.5 Å². The molecule has 1 N–H and O–H groups in total. The number of aryl methyl sites for hydroxylation is 1. The fraction of sp³-hybridized carbons (Fsp3) is 0.500. The summed E-state index contributed by atoms with van der Waals surface area (Å²) in [6.07, 6.45) is 4.86. The molecule has 8 nitrogen and oxygen atoms in total. The number of hydrogen-bond acceptors (Lipinski definition) is 5. The van der Waals surface area contributed by atoms with Crippen LogP contribution in [0.4, 0.5) is 0 Å². The van der Waals surface area contributed by atoms with Gasteiger partial charge in [-0.3, -0.25) is 19.2 Å². The van der Waals surface area contributed by atoms with Crippen molar-refractivity contribution in [2.75, 3.05) is 26.7 Å². The molecule has 0 saturated carbocycles. The number of ether oxygens (including phenoxy) is 1. The maximum atomic E-state index is 12.5. The van der Waals surface area contributed by atoms with Crippen molar-refractivity contribution in [3.63, 3.8) is 0 Å². The number of hydrogen-bond donors (Lipinski definition) is 1. The summed E-state index contributed by atoms with van der Waals surface area (Å²) in [7, 11) is 3.54. The van der Waals surface area contributed by atoms with E-state index < -0.39 is 0 Å². The highest BCUT2D eigenvalue weighted by Crippen LogP contribution is 2.17. The molecule has 1 atom stereocenters. The lowest BCUT2D eigenvalue weighted by atomic mass is 10.2. The molecule has 0 bridgehead atoms. The maximum absolute atomic E-state index is 12.5. The SMILES string of the molecule is COC1CCN(Cc2cn(C)nc2C(=O)NCCn2ccccc2=O)C1. The van der Waals surface area contributed by atoms with Gasteiger partial charge >= 0.3 is 0 Å². The first kappa shape index (κ1) is 18.3. The van der Waals surface area contributed by atoms with E-state index in [0.29, 0.717) is 25.3 Å². The van der Waals surface area contributed by atoms with Gasteiger partial charge in [0, 0.05) is 70.9 Å². The number of carbonyl (C=O) groups excluding carboxylic acids is 1. The Morgan fingerprint density at radius 1 is 1.42 bits per heavy atom. The van der Waals surface area contributed by atoms with Crippen LogP contribution in [0.3, 0.4) is 0 Å². The van der Waals surface area contributed by atoms with Gasteiger partial charge in [-0.1, -0.05) is 6.07 Å². The molecular weight excluding hydrogens is 334 g/mol. The molecule has 1 aliphatic heterocycles. The molecule has 8 heteroatoms. The van der Waals surface area contributed by atoms with Gasteiger partial charge in [-0.05, 0) is 12.5 Å². The molecule has 0 aliphatic carbocycles. The van der Waals surface area contributed by atoms with Gasteiger partial charge in [-0.2, -0.15) is 5.10 Å². The number of nitrogens with one attached hydrogen (secondary N) is 1. The Morgan fingerprint density at radius 3 is 3.00 bits per heavy atom. The average molecular weight is 359 g/mol. The third-order valence-electron chi connectivity index (χ3n) is 4.61. The van der Waals surface area contributed by atoms with Crippen molar-refractivity contribution in [1.29, 1.82) is 0 Å². The Balaban J connectivity index is 1.59. The summed E-state index contributed by atoms with van der Waals surface area (Å²) in [5, 5.41) is 7.17. The quantitative estimate of drug-likeness (QED) is 0.766. The number of amides is 1. The lowest BCUT2D eigenvalue weighted by Crippen LogP contribution is -2.31. The largest absolute Gasteiger partial charge is 0.380 e. The minimum atomic E-state index is -0.216. The van der Waals surface area contributed by atoms with E-state index in [9.17, 15) is 9.59 Å². The number of pyridine rings is 1. The van der Waals surface area contributed by atoms with Crippen LogP contribution < -0.4 is 10.9 Å². The molecular formula is C18H25N5O3. The molecule has 2 aromatic heterocycles. The molecule has 0 radical (unpaired) electrons. The predicted molar refractivity (Wildman–Crippen MR) is 96.9 cm³/mol. The highest BCUT2D eigenvalue weighted by molar-refractivity contribution is 5.93. The number of methoxy groups -OCH3 is 1. The van der Waals surface area contributed by atoms with Crippen molar-refractivity contribution in [2.45, 2.75) is 25.6 Å². The normalized spacial score (nSPS) is 17.5. The van der Waals surface area contributed by atoms with Crippen LogP contribution >= 0.6 is 0 Å². The zero-order valence-electron chi connectivity index (χ0n) is 15.2. The zero-order chi connectivity index (χ0) is 18.5. The Kier molecular flexibility index (Phi) is 5.85. The standard InChI is InChI=1S/C18H25N5O3/c1-21-11-14(12-22-9-6-15(13-22)26-2)17(20-21)18(25)19-7-10-23-8-4-3-5-16(23)24/h3-5,8,11,15H,6-7,9-10,12-13H2,1-2H3,(H,19,25). The molecule has 2 aromatic rings. The molecule has 140 valence electrons. The molecule has 1 amide bonds. The molecule has 0 aromatic carbocycles. The van der Waals surface area contributed by atoms with E-state index >= 15 is 0 Å². The molecule has 3 rings (SSSR count). The van der Waals surface area contributed by atoms with E-state index in [1.807, 2.05) is 13.2 Å². The van der Waals surface area contributed by atoms with Gasteiger partial charge < -0.3 is 14.6 Å². The third kappa shape index (κ3) is 4.39. The highest BCUT2D eigenvalue weighted by atomic mass is 16.5. The van der Waals surface area contributed by atoms with Crippen molar-refractivity contribution in [3.8, 4) is 0 Å². The van der Waals surface area contributed by atoms with E-state index in [0.717, 1.165) is 25.1 Å². The van der Waals surface area contributed by atoms with Crippen LogP contribution in [0.25, 0.3) is 0 Å². The van der Waals surface area contributed by atoms with Crippen LogP contribution in [0, 0.1) is 0 Å². The topological polar surface area (TPSA) is 81.4 Å². The van der Waals surface area contributed by atoms with Gasteiger partial charge in [0.1, 0.15) is 0 Å². The summed E-state index contributed by atoms with van der Waals surface area (Å²) < 4.78 is 8.62. The first-order valence-electron chi connectivity index (χ1n) is 8.78. The summed E-state index contributed by atoms with van der Waals surface area (Å²) in [5.41, 5.74) is 1.26. The summed E-state index contributed by atoms with van der Waals surface area (Å²) in [5.74, 6) is -0.216. The fourth-order valence-corrected chi connectivity index (χ4v) is 3.24. The van der Waals surface area contributed by atoms with Crippen LogP contribution in [0.15, 0.2) is 35.4 Å².